The van der Waals surface area contributed by atoms with Crippen molar-refractivity contribution in [3.05, 3.63) is 0 Å². The second-order valence-corrected chi connectivity index (χ2v) is 3.48. The molecule has 1 aliphatic rings. The van der Waals surface area contributed by atoms with Gasteiger partial charge < -0.3 is 15.2 Å². The molecule has 1 fully saturated rings. The number of aliphatic hydroxyl groups excluding tert-OH is 1. The molecule has 11 heavy (non-hydrogen) atoms. The minimum absolute atomic E-state index is 0.160. The van der Waals surface area contributed by atoms with Crippen LogP contribution in [0.25, 0.3) is 0 Å². The first-order valence-electron chi connectivity index (χ1n) is 4.16. The molecule has 0 aromatic heterocycles. The van der Waals surface area contributed by atoms with Gasteiger partial charge in [-0.15, -0.1) is 0 Å². The number of rotatable bonds is 2. The van der Waals surface area contributed by atoms with Crippen LogP contribution in [0.2, 0.25) is 0 Å². The Hall–Kier alpha value is -0.120. The molecule has 0 bridgehead atoms. The third kappa shape index (κ3) is 2.43. The molecule has 0 aromatic rings. The van der Waals surface area contributed by atoms with Gasteiger partial charge in [-0.3, -0.25) is 0 Å². The molecule has 0 saturated carbocycles. The van der Waals surface area contributed by atoms with Gasteiger partial charge in [-0.2, -0.15) is 0 Å². The first kappa shape index (κ1) is 8.97. The third-order valence-electron chi connectivity index (χ3n) is 2.06. The quantitative estimate of drug-likeness (QED) is 0.602. The van der Waals surface area contributed by atoms with Crippen LogP contribution in [-0.4, -0.2) is 36.5 Å². The Morgan fingerprint density at radius 2 is 2.45 bits per heavy atom. The Morgan fingerprint density at radius 1 is 1.73 bits per heavy atom. The zero-order chi connectivity index (χ0) is 8.32. The lowest BCUT2D eigenvalue weighted by molar-refractivity contribution is -0.107. The Morgan fingerprint density at radius 3 is 3.00 bits per heavy atom. The van der Waals surface area contributed by atoms with Gasteiger partial charge in [0.05, 0.1) is 11.7 Å². The normalized spacial score (nSPS) is 39.0. The fraction of sp³-hybridized carbons (Fsp3) is 1.00. The molecule has 0 spiro atoms. The lowest BCUT2D eigenvalue weighted by Gasteiger charge is -2.37. The summed E-state index contributed by atoms with van der Waals surface area (Å²) < 4.78 is 5.69. The molecule has 1 heterocycles. The fourth-order valence-corrected chi connectivity index (χ4v) is 1.49. The van der Waals surface area contributed by atoms with Gasteiger partial charge in [0, 0.05) is 26.1 Å². The Kier molecular flexibility index (Phi) is 2.87. The summed E-state index contributed by atoms with van der Waals surface area (Å²) in [6.07, 6.45) is 0.977. The van der Waals surface area contributed by atoms with Crippen LogP contribution in [0.15, 0.2) is 0 Å². The molecule has 0 aliphatic carbocycles. The number of aliphatic hydroxyl groups is 1. The average Bonchev–Trinajstić information content (AvgIpc) is 1.86. The number of morpholine rings is 1. The minimum atomic E-state index is -0.160. The maximum Gasteiger partial charge on any atom is 0.0804 e. The summed E-state index contributed by atoms with van der Waals surface area (Å²) in [5, 5.41) is 12.0. The summed E-state index contributed by atoms with van der Waals surface area (Å²) in [7, 11) is 0. The fourth-order valence-electron chi connectivity index (χ4n) is 1.49. The van der Waals surface area contributed by atoms with Crippen LogP contribution >= 0.6 is 0 Å². The zero-order valence-electron chi connectivity index (χ0n) is 7.26. The first-order valence-corrected chi connectivity index (χ1v) is 4.16. The maximum absolute atomic E-state index is 8.76. The van der Waals surface area contributed by atoms with Crippen molar-refractivity contribution in [1.29, 1.82) is 0 Å². The highest BCUT2D eigenvalue weighted by Crippen LogP contribution is 2.19. The molecule has 1 rings (SSSR count). The molecule has 1 aliphatic heterocycles. The number of hydrogen-bond donors (Lipinski definition) is 2. The van der Waals surface area contributed by atoms with Gasteiger partial charge in [0.25, 0.3) is 0 Å². The first-order chi connectivity index (χ1) is 5.16. The Balaban J connectivity index is 2.41. The number of ether oxygens (including phenoxy) is 1. The Bertz CT molecular complexity index is 125. The molecule has 2 N–H and O–H groups in total. The van der Waals surface area contributed by atoms with Crippen molar-refractivity contribution in [3.63, 3.8) is 0 Å². The summed E-state index contributed by atoms with van der Waals surface area (Å²) >= 11 is 0. The second kappa shape index (κ2) is 3.52. The molecule has 66 valence electrons. The lowest BCUT2D eigenvalue weighted by Crippen LogP contribution is -2.51. The van der Waals surface area contributed by atoms with Crippen molar-refractivity contribution >= 4 is 0 Å². The van der Waals surface area contributed by atoms with Gasteiger partial charge in [-0.1, -0.05) is 0 Å². The summed E-state index contributed by atoms with van der Waals surface area (Å²) in [6.45, 7) is 6.04. The van der Waals surface area contributed by atoms with E-state index in [1.54, 1.807) is 0 Å². The van der Waals surface area contributed by atoms with Gasteiger partial charge in [0.15, 0.2) is 0 Å². The highest BCUT2D eigenvalue weighted by atomic mass is 16.5. The van der Waals surface area contributed by atoms with E-state index in [0.717, 1.165) is 13.1 Å². The summed E-state index contributed by atoms with van der Waals surface area (Å²) in [6, 6.07) is 0. The van der Waals surface area contributed by atoms with E-state index in [0.29, 0.717) is 6.42 Å². The standard InChI is InChI=1S/C8H17NO2/c1-7-5-9-6-8(2,11-7)3-4-10/h7,9-10H,3-6H2,1-2H3/t7-,8+/m0/s1. The zero-order valence-corrected chi connectivity index (χ0v) is 7.26. The van der Waals surface area contributed by atoms with Crippen LogP contribution in [0.3, 0.4) is 0 Å². The van der Waals surface area contributed by atoms with Crippen molar-refractivity contribution in [3.8, 4) is 0 Å². The van der Waals surface area contributed by atoms with E-state index in [9.17, 15) is 0 Å². The molecular weight excluding hydrogens is 142 g/mol. The predicted octanol–water partition coefficient (Wildman–Crippen LogP) is 0.136. The van der Waals surface area contributed by atoms with E-state index < -0.39 is 0 Å². The van der Waals surface area contributed by atoms with Gasteiger partial charge in [-0.05, 0) is 13.8 Å². The molecule has 1 saturated heterocycles. The topological polar surface area (TPSA) is 41.5 Å². The van der Waals surface area contributed by atoms with Crippen LogP contribution in [0.4, 0.5) is 0 Å². The molecule has 0 aromatic carbocycles. The number of hydrogen-bond acceptors (Lipinski definition) is 3. The monoisotopic (exact) mass is 159 g/mol. The van der Waals surface area contributed by atoms with Gasteiger partial charge in [0.1, 0.15) is 0 Å². The van der Waals surface area contributed by atoms with E-state index in [-0.39, 0.29) is 18.3 Å². The molecule has 0 radical (unpaired) electrons. The van der Waals surface area contributed by atoms with Crippen molar-refractivity contribution in [2.24, 2.45) is 0 Å². The van der Waals surface area contributed by atoms with Crippen LogP contribution < -0.4 is 5.32 Å². The van der Waals surface area contributed by atoms with Crippen molar-refractivity contribution in [2.45, 2.75) is 32.0 Å². The summed E-state index contributed by atoms with van der Waals surface area (Å²) in [5.41, 5.74) is -0.160. The summed E-state index contributed by atoms with van der Waals surface area (Å²) in [4.78, 5) is 0. The molecule has 2 atom stereocenters. The van der Waals surface area contributed by atoms with E-state index in [1.807, 2.05) is 13.8 Å². The van der Waals surface area contributed by atoms with Crippen LogP contribution in [0, 0.1) is 0 Å². The van der Waals surface area contributed by atoms with Crippen molar-refractivity contribution in [2.75, 3.05) is 19.7 Å². The smallest absolute Gasteiger partial charge is 0.0804 e. The van der Waals surface area contributed by atoms with E-state index >= 15 is 0 Å². The minimum Gasteiger partial charge on any atom is -0.396 e. The van der Waals surface area contributed by atoms with Gasteiger partial charge in [-0.25, -0.2) is 0 Å². The third-order valence-corrected chi connectivity index (χ3v) is 2.06. The average molecular weight is 159 g/mol. The molecule has 3 nitrogen and oxygen atoms in total. The number of nitrogens with one attached hydrogen (secondary N) is 1. The van der Waals surface area contributed by atoms with E-state index in [4.69, 9.17) is 9.84 Å². The van der Waals surface area contributed by atoms with Gasteiger partial charge in [0.2, 0.25) is 0 Å². The molecule has 0 amide bonds. The van der Waals surface area contributed by atoms with Crippen molar-refractivity contribution in [1.82, 2.24) is 5.32 Å². The van der Waals surface area contributed by atoms with Crippen molar-refractivity contribution < 1.29 is 9.84 Å². The summed E-state index contributed by atoms with van der Waals surface area (Å²) in [5.74, 6) is 0. The Labute approximate surface area is 67.7 Å². The lowest BCUT2D eigenvalue weighted by atomic mass is 10.0. The van der Waals surface area contributed by atoms with Crippen LogP contribution in [0.1, 0.15) is 20.3 Å². The SMILES string of the molecule is C[C@H]1CNC[C@@](C)(CCO)O1. The largest absolute Gasteiger partial charge is 0.396 e. The molecular formula is C8H17NO2. The molecule has 0 unspecified atom stereocenters. The highest BCUT2D eigenvalue weighted by Gasteiger charge is 2.30. The van der Waals surface area contributed by atoms with Crippen LogP contribution in [0.5, 0.6) is 0 Å². The molecule has 3 heteroatoms. The van der Waals surface area contributed by atoms with E-state index in [1.165, 1.54) is 0 Å². The van der Waals surface area contributed by atoms with Crippen LogP contribution in [-0.2, 0) is 4.74 Å². The second-order valence-electron chi connectivity index (χ2n) is 3.48. The predicted molar refractivity (Wildman–Crippen MR) is 43.5 cm³/mol. The van der Waals surface area contributed by atoms with Gasteiger partial charge >= 0.3 is 0 Å². The maximum atomic E-state index is 8.76. The van der Waals surface area contributed by atoms with E-state index in [2.05, 4.69) is 5.32 Å². The highest BCUT2D eigenvalue weighted by molar-refractivity contribution is 4.83.